The normalized spacial score (nSPS) is 10.7. The third-order valence-corrected chi connectivity index (χ3v) is 3.03. The van der Waals surface area contributed by atoms with Gasteiger partial charge in [0.2, 0.25) is 0 Å². The van der Waals surface area contributed by atoms with Gasteiger partial charge in [-0.1, -0.05) is 5.21 Å². The minimum absolute atomic E-state index is 0.590. The van der Waals surface area contributed by atoms with Crippen molar-refractivity contribution in [3.05, 3.63) is 41.7 Å². The first kappa shape index (κ1) is 11.7. The smallest absolute Gasteiger partial charge is 0.195 e. The molecule has 3 heterocycles. The van der Waals surface area contributed by atoms with Crippen molar-refractivity contribution in [2.75, 3.05) is 0 Å². The number of pyridine rings is 1. The van der Waals surface area contributed by atoms with E-state index in [1.165, 1.54) is 0 Å². The highest BCUT2D eigenvalue weighted by Crippen LogP contribution is 2.15. The Morgan fingerprint density at radius 3 is 2.74 bits per heavy atom. The molecule has 0 radical (unpaired) electrons. The summed E-state index contributed by atoms with van der Waals surface area (Å²) in [5.41, 5.74) is 0.973. The molecule has 7 nitrogen and oxygen atoms in total. The van der Waals surface area contributed by atoms with Gasteiger partial charge in [0.15, 0.2) is 10.6 Å². The van der Waals surface area contributed by atoms with E-state index in [-0.39, 0.29) is 0 Å². The van der Waals surface area contributed by atoms with Gasteiger partial charge in [0.25, 0.3) is 0 Å². The van der Waals surface area contributed by atoms with E-state index >= 15 is 0 Å². The fourth-order valence-corrected chi connectivity index (χ4v) is 2.02. The summed E-state index contributed by atoms with van der Waals surface area (Å²) < 4.78 is 4.28. The average molecular weight is 273 g/mol. The van der Waals surface area contributed by atoms with Gasteiger partial charge in [-0.25, -0.2) is 0 Å². The summed E-state index contributed by atoms with van der Waals surface area (Å²) in [5.74, 6) is 0.799. The monoisotopic (exact) mass is 273 g/mol. The Morgan fingerprint density at radius 2 is 2.00 bits per heavy atom. The van der Waals surface area contributed by atoms with E-state index in [0.717, 1.165) is 11.4 Å². The zero-order chi connectivity index (χ0) is 13.1. The Morgan fingerprint density at radius 1 is 1.16 bits per heavy atom. The molecule has 0 fully saturated rings. The molecule has 8 heteroatoms. The molecule has 19 heavy (non-hydrogen) atoms. The Balaban J connectivity index is 1.89. The van der Waals surface area contributed by atoms with E-state index in [9.17, 15) is 0 Å². The molecule has 0 aliphatic rings. The van der Waals surface area contributed by atoms with Gasteiger partial charge in [-0.3, -0.25) is 19.3 Å². The van der Waals surface area contributed by atoms with Gasteiger partial charge in [0.05, 0.1) is 12.7 Å². The Labute approximate surface area is 113 Å². The van der Waals surface area contributed by atoms with Crippen molar-refractivity contribution in [1.82, 2.24) is 34.7 Å². The van der Waals surface area contributed by atoms with Gasteiger partial charge in [-0.15, -0.1) is 5.10 Å². The first-order chi connectivity index (χ1) is 9.34. The molecular formula is C11H11N7S. The Hall–Kier alpha value is -2.35. The fraction of sp³-hybridized carbons (Fsp3) is 0.182. The number of rotatable bonds is 4. The second kappa shape index (κ2) is 5.11. The fourth-order valence-electron chi connectivity index (χ4n) is 1.80. The molecule has 0 aliphatic heterocycles. The maximum Gasteiger partial charge on any atom is 0.195 e. The molecule has 0 saturated carbocycles. The molecule has 0 amide bonds. The number of aromatic nitrogens is 7. The number of aromatic amines is 1. The predicted molar refractivity (Wildman–Crippen MR) is 70.7 cm³/mol. The minimum atomic E-state index is 0.590. The molecule has 0 spiro atoms. The summed E-state index contributed by atoms with van der Waals surface area (Å²) >= 11 is 5.25. The van der Waals surface area contributed by atoms with Crippen molar-refractivity contribution in [1.29, 1.82) is 0 Å². The summed E-state index contributed by atoms with van der Waals surface area (Å²) in [4.78, 5) is 4.00. The number of aryl methyl sites for hydroxylation is 1. The largest absolute Gasteiger partial charge is 0.298 e. The lowest BCUT2D eigenvalue weighted by Gasteiger charge is -2.06. The summed E-state index contributed by atoms with van der Waals surface area (Å²) in [6.45, 7) is 1.36. The van der Waals surface area contributed by atoms with Crippen molar-refractivity contribution in [3.8, 4) is 11.4 Å². The summed E-state index contributed by atoms with van der Waals surface area (Å²) in [6.07, 6.45) is 6.93. The topological polar surface area (TPSA) is 77.2 Å². The maximum atomic E-state index is 5.25. The minimum Gasteiger partial charge on any atom is -0.298 e. The lowest BCUT2D eigenvalue weighted by molar-refractivity contribution is 0.518. The van der Waals surface area contributed by atoms with E-state index in [1.54, 1.807) is 23.3 Å². The second-order valence-corrected chi connectivity index (χ2v) is 4.29. The third kappa shape index (κ3) is 2.43. The highest BCUT2D eigenvalue weighted by atomic mass is 32.1. The summed E-state index contributed by atoms with van der Waals surface area (Å²) in [7, 11) is 0. The molecule has 0 atom stereocenters. The van der Waals surface area contributed by atoms with Crippen LogP contribution in [0.3, 0.4) is 0 Å². The molecule has 0 unspecified atom stereocenters. The number of hydrogen-bond acceptors (Lipinski definition) is 5. The van der Waals surface area contributed by atoms with Crippen molar-refractivity contribution in [3.63, 3.8) is 0 Å². The van der Waals surface area contributed by atoms with Gasteiger partial charge in [0.1, 0.15) is 0 Å². The number of nitrogens with zero attached hydrogens (tertiary/aromatic N) is 6. The van der Waals surface area contributed by atoms with Crippen LogP contribution in [0.2, 0.25) is 0 Å². The molecule has 0 aromatic carbocycles. The van der Waals surface area contributed by atoms with Crippen LogP contribution in [0.25, 0.3) is 11.4 Å². The second-order valence-electron chi connectivity index (χ2n) is 3.91. The van der Waals surface area contributed by atoms with Crippen LogP contribution < -0.4 is 0 Å². The number of hydrogen-bond donors (Lipinski definition) is 1. The first-order valence-electron chi connectivity index (χ1n) is 5.74. The van der Waals surface area contributed by atoms with E-state index in [1.807, 2.05) is 22.9 Å². The van der Waals surface area contributed by atoms with Crippen LogP contribution in [-0.4, -0.2) is 34.7 Å². The summed E-state index contributed by atoms with van der Waals surface area (Å²) in [5, 5.41) is 14.8. The molecular weight excluding hydrogens is 262 g/mol. The average Bonchev–Trinajstić information content (AvgIpc) is 3.07. The standard InChI is InChI=1S/C11H11N7S/c19-11-15-14-10(9-1-3-12-4-2-9)18(11)8-7-17-6-5-13-16-17/h1-6H,7-8H2,(H,15,19). The number of H-pyrrole nitrogens is 1. The van der Waals surface area contributed by atoms with Crippen LogP contribution in [0, 0.1) is 4.77 Å². The molecule has 0 aliphatic carbocycles. The van der Waals surface area contributed by atoms with Gasteiger partial charge >= 0.3 is 0 Å². The first-order valence-corrected chi connectivity index (χ1v) is 6.15. The SMILES string of the molecule is S=c1[nH]nc(-c2ccncc2)n1CCn1ccnn1. The molecule has 0 saturated heterocycles. The van der Waals surface area contributed by atoms with Gasteiger partial charge in [-0.05, 0) is 24.4 Å². The van der Waals surface area contributed by atoms with E-state index in [2.05, 4.69) is 25.5 Å². The van der Waals surface area contributed by atoms with Crippen molar-refractivity contribution < 1.29 is 0 Å². The number of nitrogens with one attached hydrogen (secondary N) is 1. The maximum absolute atomic E-state index is 5.25. The molecule has 3 rings (SSSR count). The Kier molecular flexibility index (Phi) is 3.15. The quantitative estimate of drug-likeness (QED) is 0.725. The zero-order valence-electron chi connectivity index (χ0n) is 9.97. The van der Waals surface area contributed by atoms with E-state index < -0.39 is 0 Å². The van der Waals surface area contributed by atoms with Crippen LogP contribution in [0.1, 0.15) is 0 Å². The van der Waals surface area contributed by atoms with Crippen molar-refractivity contribution >= 4 is 12.2 Å². The van der Waals surface area contributed by atoms with Gasteiger partial charge in [-0.2, -0.15) is 5.10 Å². The highest BCUT2D eigenvalue weighted by Gasteiger charge is 2.08. The van der Waals surface area contributed by atoms with E-state index in [4.69, 9.17) is 12.2 Å². The van der Waals surface area contributed by atoms with Crippen molar-refractivity contribution in [2.24, 2.45) is 0 Å². The van der Waals surface area contributed by atoms with Crippen molar-refractivity contribution in [2.45, 2.75) is 13.1 Å². The van der Waals surface area contributed by atoms with Crippen LogP contribution >= 0.6 is 12.2 Å². The van der Waals surface area contributed by atoms with E-state index in [0.29, 0.717) is 17.9 Å². The highest BCUT2D eigenvalue weighted by molar-refractivity contribution is 7.71. The van der Waals surface area contributed by atoms with Crippen LogP contribution in [-0.2, 0) is 13.1 Å². The predicted octanol–water partition coefficient (Wildman–Crippen LogP) is 1.29. The van der Waals surface area contributed by atoms with Gasteiger partial charge < -0.3 is 0 Å². The molecule has 1 N–H and O–H groups in total. The lowest BCUT2D eigenvalue weighted by Crippen LogP contribution is -2.09. The van der Waals surface area contributed by atoms with Crippen LogP contribution in [0.4, 0.5) is 0 Å². The molecule has 96 valence electrons. The molecule has 3 aromatic rings. The molecule has 0 bridgehead atoms. The summed E-state index contributed by atoms with van der Waals surface area (Å²) in [6, 6.07) is 3.80. The Bertz CT molecular complexity index is 698. The van der Waals surface area contributed by atoms with Gasteiger partial charge in [0, 0.05) is 30.7 Å². The van der Waals surface area contributed by atoms with Crippen LogP contribution in [0.5, 0.6) is 0 Å². The zero-order valence-corrected chi connectivity index (χ0v) is 10.8. The molecule has 3 aromatic heterocycles. The van der Waals surface area contributed by atoms with Crippen LogP contribution in [0.15, 0.2) is 36.9 Å². The third-order valence-electron chi connectivity index (χ3n) is 2.72. The lowest BCUT2D eigenvalue weighted by atomic mass is 10.2.